The molecule has 1 aliphatic rings. The molecule has 4 heteroatoms. The number of hydrogen-bond donors (Lipinski definition) is 3. The maximum atomic E-state index is 9.90. The molecule has 1 unspecified atom stereocenters. The van der Waals surface area contributed by atoms with Crippen LogP contribution in [-0.2, 0) is 4.74 Å². The van der Waals surface area contributed by atoms with Gasteiger partial charge in [0.1, 0.15) is 24.4 Å². The average Bonchev–Trinajstić information content (AvgIpc) is 2.20. The molecule has 1 rings (SSSR count). The summed E-state index contributed by atoms with van der Waals surface area (Å²) in [6.07, 6.45) is -0.158. The molecular weight excluding hydrogens is 220 g/mol. The van der Waals surface area contributed by atoms with Crippen LogP contribution in [0.15, 0.2) is 12.2 Å². The first-order chi connectivity index (χ1) is 7.76. The fraction of sp³-hybridized carbons (Fsp3) is 0.846. The molecule has 0 radical (unpaired) electrons. The molecule has 0 aliphatic carbocycles. The van der Waals surface area contributed by atoms with Gasteiger partial charge in [-0.25, -0.2) is 0 Å². The Morgan fingerprint density at radius 2 is 1.65 bits per heavy atom. The molecule has 100 valence electrons. The molecule has 4 nitrogen and oxygen atoms in total. The van der Waals surface area contributed by atoms with Crippen LogP contribution in [0.3, 0.4) is 0 Å². The molecule has 0 spiro atoms. The fourth-order valence-corrected chi connectivity index (χ4v) is 2.10. The van der Waals surface area contributed by atoms with Crippen LogP contribution in [0.5, 0.6) is 0 Å². The number of ether oxygens (including phenoxy) is 1. The van der Waals surface area contributed by atoms with Gasteiger partial charge in [-0.2, -0.15) is 0 Å². The summed E-state index contributed by atoms with van der Waals surface area (Å²) >= 11 is 0. The van der Waals surface area contributed by atoms with Crippen LogP contribution < -0.4 is 0 Å². The second-order valence-electron chi connectivity index (χ2n) is 5.90. The standard InChI is InChI=1S/C13H24O4/c1-5-6-8-10(14)12(16)11(15)9(17-8)7-13(2,3)4/h5-6,8-12,14-16H,7H2,1-4H3/t8-,9?,10-,11-,12+/m1/s1. The van der Waals surface area contributed by atoms with Gasteiger partial charge in [-0.05, 0) is 18.8 Å². The summed E-state index contributed by atoms with van der Waals surface area (Å²) in [5.41, 5.74) is -0.00582. The van der Waals surface area contributed by atoms with Crippen molar-refractivity contribution < 1.29 is 20.1 Å². The van der Waals surface area contributed by atoms with E-state index < -0.39 is 30.5 Å². The van der Waals surface area contributed by atoms with Crippen molar-refractivity contribution in [3.8, 4) is 0 Å². The smallest absolute Gasteiger partial charge is 0.112 e. The van der Waals surface area contributed by atoms with E-state index in [0.29, 0.717) is 6.42 Å². The monoisotopic (exact) mass is 244 g/mol. The highest BCUT2D eigenvalue weighted by atomic mass is 16.5. The van der Waals surface area contributed by atoms with Crippen LogP contribution in [-0.4, -0.2) is 45.8 Å². The van der Waals surface area contributed by atoms with Crippen LogP contribution in [0.2, 0.25) is 0 Å². The summed E-state index contributed by atoms with van der Waals surface area (Å²) in [6, 6.07) is 0. The van der Waals surface area contributed by atoms with Crippen molar-refractivity contribution in [3.05, 3.63) is 12.2 Å². The summed E-state index contributed by atoms with van der Waals surface area (Å²) in [5, 5.41) is 29.5. The third-order valence-corrected chi connectivity index (χ3v) is 2.94. The minimum absolute atomic E-state index is 0.00582. The third-order valence-electron chi connectivity index (χ3n) is 2.94. The first-order valence-corrected chi connectivity index (χ1v) is 6.09. The predicted octanol–water partition coefficient (Wildman–Crippen LogP) is 0.849. The second kappa shape index (κ2) is 5.48. The van der Waals surface area contributed by atoms with Gasteiger partial charge in [0, 0.05) is 0 Å². The van der Waals surface area contributed by atoms with E-state index in [9.17, 15) is 15.3 Å². The van der Waals surface area contributed by atoms with Gasteiger partial charge < -0.3 is 20.1 Å². The van der Waals surface area contributed by atoms with Gasteiger partial charge in [0.2, 0.25) is 0 Å². The van der Waals surface area contributed by atoms with Crippen LogP contribution in [0, 0.1) is 5.41 Å². The molecule has 0 amide bonds. The van der Waals surface area contributed by atoms with Crippen molar-refractivity contribution in [2.75, 3.05) is 0 Å². The quantitative estimate of drug-likeness (QED) is 0.630. The summed E-state index contributed by atoms with van der Waals surface area (Å²) in [4.78, 5) is 0. The van der Waals surface area contributed by atoms with E-state index in [0.717, 1.165) is 0 Å². The molecular formula is C13H24O4. The first-order valence-electron chi connectivity index (χ1n) is 6.09. The van der Waals surface area contributed by atoms with E-state index in [-0.39, 0.29) is 5.41 Å². The van der Waals surface area contributed by atoms with Crippen LogP contribution in [0.4, 0.5) is 0 Å². The molecule has 0 aromatic rings. The number of aliphatic hydroxyl groups is 3. The van der Waals surface area contributed by atoms with E-state index in [4.69, 9.17) is 4.74 Å². The fourth-order valence-electron chi connectivity index (χ4n) is 2.10. The maximum Gasteiger partial charge on any atom is 0.112 e. The summed E-state index contributed by atoms with van der Waals surface area (Å²) < 4.78 is 5.65. The minimum atomic E-state index is -1.16. The largest absolute Gasteiger partial charge is 0.388 e. The van der Waals surface area contributed by atoms with E-state index in [1.807, 2.05) is 27.7 Å². The van der Waals surface area contributed by atoms with Crippen molar-refractivity contribution in [1.29, 1.82) is 0 Å². The zero-order chi connectivity index (χ0) is 13.2. The van der Waals surface area contributed by atoms with Gasteiger partial charge in [-0.15, -0.1) is 0 Å². The zero-order valence-corrected chi connectivity index (χ0v) is 11.0. The Morgan fingerprint density at radius 1 is 1.06 bits per heavy atom. The lowest BCUT2D eigenvalue weighted by atomic mass is 9.83. The average molecular weight is 244 g/mol. The minimum Gasteiger partial charge on any atom is -0.388 e. The van der Waals surface area contributed by atoms with Gasteiger partial charge in [0.25, 0.3) is 0 Å². The molecule has 1 heterocycles. The lowest BCUT2D eigenvalue weighted by molar-refractivity contribution is -0.215. The van der Waals surface area contributed by atoms with Crippen LogP contribution >= 0.6 is 0 Å². The molecule has 0 saturated carbocycles. The topological polar surface area (TPSA) is 69.9 Å². The lowest BCUT2D eigenvalue weighted by Gasteiger charge is -2.41. The summed E-state index contributed by atoms with van der Waals surface area (Å²) in [7, 11) is 0. The van der Waals surface area contributed by atoms with Crippen molar-refractivity contribution in [1.82, 2.24) is 0 Å². The van der Waals surface area contributed by atoms with Gasteiger partial charge in [-0.3, -0.25) is 0 Å². The number of hydrogen-bond acceptors (Lipinski definition) is 4. The Kier molecular flexibility index (Phi) is 4.72. The van der Waals surface area contributed by atoms with Gasteiger partial charge in [0.15, 0.2) is 0 Å². The Bertz CT molecular complexity index is 269. The first kappa shape index (κ1) is 14.6. The molecule has 0 aromatic carbocycles. The summed E-state index contributed by atoms with van der Waals surface area (Å²) in [5.74, 6) is 0. The SMILES string of the molecule is CC=C[C@H]1OC(CC(C)(C)C)[C@@H](O)[C@@H](O)[C@@H]1O. The highest BCUT2D eigenvalue weighted by molar-refractivity contribution is 5.01. The second-order valence-corrected chi connectivity index (χ2v) is 5.90. The predicted molar refractivity (Wildman–Crippen MR) is 65.6 cm³/mol. The van der Waals surface area contributed by atoms with E-state index >= 15 is 0 Å². The molecule has 1 aliphatic heterocycles. The zero-order valence-electron chi connectivity index (χ0n) is 11.0. The highest BCUT2D eigenvalue weighted by Gasteiger charge is 2.43. The Balaban J connectivity index is 2.78. The van der Waals surface area contributed by atoms with E-state index in [2.05, 4.69) is 0 Å². The Hall–Kier alpha value is -0.420. The number of aliphatic hydroxyl groups excluding tert-OH is 3. The Labute approximate surface area is 103 Å². The van der Waals surface area contributed by atoms with E-state index in [1.54, 1.807) is 12.2 Å². The van der Waals surface area contributed by atoms with Crippen molar-refractivity contribution in [2.24, 2.45) is 5.41 Å². The van der Waals surface area contributed by atoms with Crippen LogP contribution in [0.25, 0.3) is 0 Å². The molecule has 0 aromatic heterocycles. The van der Waals surface area contributed by atoms with E-state index in [1.165, 1.54) is 0 Å². The van der Waals surface area contributed by atoms with Crippen molar-refractivity contribution in [3.63, 3.8) is 0 Å². The third kappa shape index (κ3) is 3.78. The number of allylic oxidation sites excluding steroid dienone is 1. The number of rotatable bonds is 2. The Morgan fingerprint density at radius 3 is 2.12 bits per heavy atom. The molecule has 3 N–H and O–H groups in total. The van der Waals surface area contributed by atoms with Gasteiger partial charge >= 0.3 is 0 Å². The normalized spacial score (nSPS) is 39.8. The van der Waals surface area contributed by atoms with Crippen molar-refractivity contribution >= 4 is 0 Å². The van der Waals surface area contributed by atoms with Crippen LogP contribution in [0.1, 0.15) is 34.1 Å². The van der Waals surface area contributed by atoms with Gasteiger partial charge in [-0.1, -0.05) is 32.9 Å². The molecule has 1 fully saturated rings. The summed E-state index contributed by atoms with van der Waals surface area (Å²) in [6.45, 7) is 7.97. The molecule has 5 atom stereocenters. The maximum absolute atomic E-state index is 9.90. The molecule has 1 saturated heterocycles. The van der Waals surface area contributed by atoms with Crippen molar-refractivity contribution in [2.45, 2.75) is 64.6 Å². The van der Waals surface area contributed by atoms with Gasteiger partial charge in [0.05, 0.1) is 6.10 Å². The highest BCUT2D eigenvalue weighted by Crippen LogP contribution is 2.30. The molecule has 17 heavy (non-hydrogen) atoms. The molecule has 0 bridgehead atoms. The lowest BCUT2D eigenvalue weighted by Crippen LogP contribution is -2.57.